The van der Waals surface area contributed by atoms with Gasteiger partial charge in [-0.15, -0.1) is 0 Å². The molecule has 3 aromatic rings. The number of hydrogen-bond donors (Lipinski definition) is 1. The summed E-state index contributed by atoms with van der Waals surface area (Å²) in [6, 6.07) is 19.0. The van der Waals surface area contributed by atoms with Gasteiger partial charge in [0.25, 0.3) is 0 Å². The normalized spacial score (nSPS) is 10.4. The number of carbonyl (C=O) groups is 1. The number of anilines is 1. The smallest absolute Gasteiger partial charge is 0.413 e. The first-order chi connectivity index (χ1) is 11.6. The second-order valence-corrected chi connectivity index (χ2v) is 6.17. The molecular weight excluding hydrogens is 370 g/mol. The maximum absolute atomic E-state index is 12.1. The number of rotatable bonds is 4. The van der Waals surface area contributed by atoms with Crippen molar-refractivity contribution in [1.29, 1.82) is 0 Å². The van der Waals surface area contributed by atoms with Gasteiger partial charge in [-0.3, -0.25) is 5.32 Å². The van der Waals surface area contributed by atoms with E-state index >= 15 is 0 Å². The second-order valence-electron chi connectivity index (χ2n) is 5.25. The van der Waals surface area contributed by atoms with Crippen LogP contribution >= 0.6 is 15.9 Å². The van der Waals surface area contributed by atoms with Crippen LogP contribution in [0.15, 0.2) is 65.1 Å². The van der Waals surface area contributed by atoms with Crippen LogP contribution in [-0.4, -0.2) is 15.9 Å². The molecule has 1 N–H and O–H groups in total. The fourth-order valence-electron chi connectivity index (χ4n) is 2.26. The highest BCUT2D eigenvalue weighted by Crippen LogP contribution is 2.20. The summed E-state index contributed by atoms with van der Waals surface area (Å²) in [5.74, 6) is 0.559. The molecule has 0 atom stereocenters. The molecular formula is C18H16BrN3O2. The summed E-state index contributed by atoms with van der Waals surface area (Å²) in [5, 5.41) is 7.16. The predicted octanol–water partition coefficient (Wildman–Crippen LogP) is 4.69. The molecule has 0 saturated heterocycles. The molecule has 2 aromatic carbocycles. The summed E-state index contributed by atoms with van der Waals surface area (Å²) < 4.78 is 7.86. The standard InChI is InChI=1S/C18H16BrN3O2/c1-13-10-17(22(21-13)16-9-5-8-15(19)11-16)20-18(23)24-12-14-6-3-2-4-7-14/h2-11H,12H2,1H3,(H,20,23). The molecule has 0 bridgehead atoms. The summed E-state index contributed by atoms with van der Waals surface area (Å²) in [7, 11) is 0. The van der Waals surface area contributed by atoms with E-state index < -0.39 is 6.09 Å². The lowest BCUT2D eigenvalue weighted by Crippen LogP contribution is -2.16. The van der Waals surface area contributed by atoms with E-state index in [1.807, 2.05) is 61.5 Å². The Balaban J connectivity index is 1.72. The molecule has 0 aliphatic rings. The van der Waals surface area contributed by atoms with Gasteiger partial charge in [0.1, 0.15) is 12.4 Å². The van der Waals surface area contributed by atoms with Crippen molar-refractivity contribution in [2.45, 2.75) is 13.5 Å². The molecule has 6 heteroatoms. The molecule has 1 amide bonds. The van der Waals surface area contributed by atoms with E-state index in [1.165, 1.54) is 0 Å². The fraction of sp³-hybridized carbons (Fsp3) is 0.111. The van der Waals surface area contributed by atoms with Gasteiger partial charge in [0, 0.05) is 10.5 Å². The van der Waals surface area contributed by atoms with E-state index in [4.69, 9.17) is 4.74 Å². The Kier molecular flexibility index (Phi) is 4.96. The maximum atomic E-state index is 12.1. The molecule has 5 nitrogen and oxygen atoms in total. The van der Waals surface area contributed by atoms with Crippen molar-refractivity contribution in [2.24, 2.45) is 0 Å². The third-order valence-corrected chi connectivity index (χ3v) is 3.82. The number of aromatic nitrogens is 2. The molecule has 0 fully saturated rings. The summed E-state index contributed by atoms with van der Waals surface area (Å²) >= 11 is 3.44. The number of amides is 1. The van der Waals surface area contributed by atoms with E-state index in [0.717, 1.165) is 21.4 Å². The van der Waals surface area contributed by atoms with Crippen LogP contribution in [0, 0.1) is 6.92 Å². The number of aryl methyl sites for hydroxylation is 1. The number of nitrogens with zero attached hydrogens (tertiary/aromatic N) is 2. The molecule has 1 aromatic heterocycles. The Morgan fingerprint density at radius 3 is 2.71 bits per heavy atom. The average Bonchev–Trinajstić information content (AvgIpc) is 2.94. The van der Waals surface area contributed by atoms with E-state index in [-0.39, 0.29) is 6.61 Å². The van der Waals surface area contributed by atoms with Crippen molar-refractivity contribution >= 4 is 27.8 Å². The molecule has 0 spiro atoms. The van der Waals surface area contributed by atoms with Gasteiger partial charge in [-0.2, -0.15) is 5.10 Å². The highest BCUT2D eigenvalue weighted by molar-refractivity contribution is 9.10. The van der Waals surface area contributed by atoms with Crippen LogP contribution in [0.4, 0.5) is 10.6 Å². The van der Waals surface area contributed by atoms with Gasteiger partial charge >= 0.3 is 6.09 Å². The molecule has 122 valence electrons. The van der Waals surface area contributed by atoms with Gasteiger partial charge in [0.15, 0.2) is 0 Å². The van der Waals surface area contributed by atoms with Crippen LogP contribution in [0.5, 0.6) is 0 Å². The van der Waals surface area contributed by atoms with Crippen LogP contribution in [0.1, 0.15) is 11.3 Å². The van der Waals surface area contributed by atoms with E-state index in [2.05, 4.69) is 26.3 Å². The van der Waals surface area contributed by atoms with Gasteiger partial charge in [0.2, 0.25) is 0 Å². The lowest BCUT2D eigenvalue weighted by atomic mass is 10.2. The number of ether oxygens (including phenoxy) is 1. The van der Waals surface area contributed by atoms with Crippen molar-refractivity contribution in [2.75, 3.05) is 5.32 Å². The molecule has 1 heterocycles. The number of benzene rings is 2. The average molecular weight is 386 g/mol. The van der Waals surface area contributed by atoms with Gasteiger partial charge in [-0.05, 0) is 30.7 Å². The fourth-order valence-corrected chi connectivity index (χ4v) is 2.64. The Labute approximate surface area is 148 Å². The van der Waals surface area contributed by atoms with Gasteiger partial charge < -0.3 is 4.74 Å². The minimum Gasteiger partial charge on any atom is -0.444 e. The molecule has 3 rings (SSSR count). The van der Waals surface area contributed by atoms with E-state index in [1.54, 1.807) is 10.7 Å². The van der Waals surface area contributed by atoms with Gasteiger partial charge in [-0.1, -0.05) is 52.3 Å². The van der Waals surface area contributed by atoms with Crippen LogP contribution in [0.2, 0.25) is 0 Å². The third-order valence-electron chi connectivity index (χ3n) is 3.33. The number of carbonyl (C=O) groups excluding carboxylic acids is 1. The van der Waals surface area contributed by atoms with E-state index in [0.29, 0.717) is 5.82 Å². The monoisotopic (exact) mass is 385 g/mol. The third kappa shape index (κ3) is 4.02. The minimum atomic E-state index is -0.519. The van der Waals surface area contributed by atoms with Crippen molar-refractivity contribution in [3.05, 3.63) is 76.4 Å². The van der Waals surface area contributed by atoms with Gasteiger partial charge in [-0.25, -0.2) is 9.48 Å². The highest BCUT2D eigenvalue weighted by atomic mass is 79.9. The van der Waals surface area contributed by atoms with Crippen molar-refractivity contribution < 1.29 is 9.53 Å². The molecule has 0 aliphatic carbocycles. The lowest BCUT2D eigenvalue weighted by molar-refractivity contribution is 0.155. The minimum absolute atomic E-state index is 0.219. The lowest BCUT2D eigenvalue weighted by Gasteiger charge is -2.10. The Morgan fingerprint density at radius 1 is 1.17 bits per heavy atom. The molecule has 0 saturated carbocycles. The zero-order valence-electron chi connectivity index (χ0n) is 13.1. The molecule has 0 unspecified atom stereocenters. The van der Waals surface area contributed by atoms with Crippen LogP contribution in [-0.2, 0) is 11.3 Å². The molecule has 0 radical (unpaired) electrons. The number of hydrogen-bond acceptors (Lipinski definition) is 3. The highest BCUT2D eigenvalue weighted by Gasteiger charge is 2.12. The maximum Gasteiger partial charge on any atom is 0.413 e. The largest absolute Gasteiger partial charge is 0.444 e. The Bertz CT molecular complexity index is 846. The van der Waals surface area contributed by atoms with Crippen molar-refractivity contribution in [3.63, 3.8) is 0 Å². The zero-order valence-corrected chi connectivity index (χ0v) is 14.7. The summed E-state index contributed by atoms with van der Waals surface area (Å²) in [4.78, 5) is 12.1. The number of nitrogens with one attached hydrogen (secondary N) is 1. The van der Waals surface area contributed by atoms with Gasteiger partial charge in [0.05, 0.1) is 11.4 Å². The molecule has 24 heavy (non-hydrogen) atoms. The predicted molar refractivity (Wildman–Crippen MR) is 96.3 cm³/mol. The van der Waals surface area contributed by atoms with E-state index in [9.17, 15) is 4.79 Å². The molecule has 0 aliphatic heterocycles. The SMILES string of the molecule is Cc1cc(NC(=O)OCc2ccccc2)n(-c2cccc(Br)c2)n1. The van der Waals surface area contributed by atoms with Crippen LogP contribution < -0.4 is 5.32 Å². The summed E-state index contributed by atoms with van der Waals surface area (Å²) in [6.07, 6.45) is -0.519. The Hall–Kier alpha value is -2.60. The van der Waals surface area contributed by atoms with Crippen LogP contribution in [0.25, 0.3) is 5.69 Å². The second kappa shape index (κ2) is 7.31. The topological polar surface area (TPSA) is 56.1 Å². The Morgan fingerprint density at radius 2 is 1.96 bits per heavy atom. The number of halogens is 1. The first kappa shape index (κ1) is 16.3. The summed E-state index contributed by atoms with van der Waals surface area (Å²) in [6.45, 7) is 2.09. The summed E-state index contributed by atoms with van der Waals surface area (Å²) in [5.41, 5.74) is 2.58. The van der Waals surface area contributed by atoms with Crippen molar-refractivity contribution in [1.82, 2.24) is 9.78 Å². The van der Waals surface area contributed by atoms with Crippen LogP contribution in [0.3, 0.4) is 0 Å². The first-order valence-electron chi connectivity index (χ1n) is 7.42. The first-order valence-corrected chi connectivity index (χ1v) is 8.21. The van der Waals surface area contributed by atoms with Crippen molar-refractivity contribution in [3.8, 4) is 5.69 Å². The zero-order chi connectivity index (χ0) is 16.9. The quantitative estimate of drug-likeness (QED) is 0.708.